The maximum Gasteiger partial charge on any atom is 0.322 e. The van der Waals surface area contributed by atoms with Gasteiger partial charge in [0.1, 0.15) is 0 Å². The van der Waals surface area contributed by atoms with Gasteiger partial charge in [-0.1, -0.05) is 30.7 Å². The fourth-order valence-corrected chi connectivity index (χ4v) is 2.11. The van der Waals surface area contributed by atoms with E-state index in [0.717, 1.165) is 17.7 Å². The van der Waals surface area contributed by atoms with Crippen molar-refractivity contribution in [3.8, 4) is 0 Å². The first kappa shape index (κ1) is 15.3. The Morgan fingerprint density at radius 2 is 2.19 bits per heavy atom. The van der Waals surface area contributed by atoms with Gasteiger partial charge >= 0.3 is 6.03 Å². The van der Waals surface area contributed by atoms with E-state index in [-0.39, 0.29) is 6.03 Å². The second-order valence-electron chi connectivity index (χ2n) is 4.66. The summed E-state index contributed by atoms with van der Waals surface area (Å²) < 4.78 is 0. The molecule has 0 radical (unpaired) electrons. The Balaban J connectivity index is 2.23. The average molecular weight is 304 g/mol. The Labute approximate surface area is 129 Å². The molecule has 2 rings (SSSR count). The van der Waals surface area contributed by atoms with Crippen LogP contribution in [0.1, 0.15) is 18.9 Å². The Morgan fingerprint density at radius 1 is 1.33 bits per heavy atom. The summed E-state index contributed by atoms with van der Waals surface area (Å²) in [5.41, 5.74) is 1.73. The highest BCUT2D eigenvalue weighted by atomic mass is 35.5. The summed E-state index contributed by atoms with van der Waals surface area (Å²) in [7, 11) is 0. The van der Waals surface area contributed by atoms with E-state index in [2.05, 4.69) is 10.3 Å². The van der Waals surface area contributed by atoms with E-state index < -0.39 is 0 Å². The number of nitrogens with zero attached hydrogens (tertiary/aromatic N) is 2. The predicted molar refractivity (Wildman–Crippen MR) is 85.6 cm³/mol. The summed E-state index contributed by atoms with van der Waals surface area (Å²) in [6, 6.07) is 10.9. The van der Waals surface area contributed by atoms with E-state index in [1.54, 1.807) is 29.4 Å². The topological polar surface area (TPSA) is 45.2 Å². The number of pyridine rings is 1. The summed E-state index contributed by atoms with van der Waals surface area (Å²) in [5.74, 6) is 0. The zero-order chi connectivity index (χ0) is 15.1. The minimum absolute atomic E-state index is 0.136. The number of urea groups is 1. The molecule has 2 amide bonds. The maximum atomic E-state index is 12.4. The molecule has 0 bridgehead atoms. The second kappa shape index (κ2) is 7.64. The molecule has 1 N–H and O–H groups in total. The predicted octanol–water partition coefficient (Wildman–Crippen LogP) is 3.86. The smallest absolute Gasteiger partial charge is 0.322 e. The van der Waals surface area contributed by atoms with Crippen molar-refractivity contribution in [1.29, 1.82) is 0 Å². The van der Waals surface area contributed by atoms with Gasteiger partial charge in [0, 0.05) is 29.6 Å². The first-order chi connectivity index (χ1) is 10.2. The lowest BCUT2D eigenvalue weighted by Gasteiger charge is -2.23. The van der Waals surface area contributed by atoms with Crippen molar-refractivity contribution in [3.05, 3.63) is 59.4 Å². The van der Waals surface area contributed by atoms with Crippen LogP contribution in [-0.4, -0.2) is 17.6 Å². The first-order valence-corrected chi connectivity index (χ1v) is 7.28. The average Bonchev–Trinajstić information content (AvgIpc) is 2.51. The molecule has 0 aliphatic rings. The molecule has 1 heterocycles. The first-order valence-electron chi connectivity index (χ1n) is 6.90. The summed E-state index contributed by atoms with van der Waals surface area (Å²) in [6.07, 6.45) is 4.36. The fourth-order valence-electron chi connectivity index (χ4n) is 1.93. The molecule has 0 atom stereocenters. The van der Waals surface area contributed by atoms with Gasteiger partial charge in [-0.05, 0) is 36.2 Å². The zero-order valence-corrected chi connectivity index (χ0v) is 12.7. The van der Waals surface area contributed by atoms with Gasteiger partial charge in [0.25, 0.3) is 0 Å². The molecule has 0 saturated heterocycles. The molecule has 0 spiro atoms. The highest BCUT2D eigenvalue weighted by Gasteiger charge is 2.16. The molecule has 4 nitrogen and oxygen atoms in total. The number of nitrogens with one attached hydrogen (secondary N) is 1. The third kappa shape index (κ3) is 4.46. The number of aromatic nitrogens is 1. The molecule has 1 aromatic heterocycles. The Hall–Kier alpha value is -2.07. The van der Waals surface area contributed by atoms with Crippen LogP contribution in [0.5, 0.6) is 0 Å². The van der Waals surface area contributed by atoms with Crippen LogP contribution >= 0.6 is 11.6 Å². The van der Waals surface area contributed by atoms with Crippen molar-refractivity contribution in [2.75, 3.05) is 11.4 Å². The number of benzene rings is 1. The van der Waals surface area contributed by atoms with E-state index in [9.17, 15) is 4.79 Å². The molecule has 21 heavy (non-hydrogen) atoms. The van der Waals surface area contributed by atoms with Crippen LogP contribution in [0, 0.1) is 0 Å². The minimum Gasteiger partial charge on any atom is -0.338 e. The van der Waals surface area contributed by atoms with Crippen LogP contribution < -0.4 is 10.2 Å². The van der Waals surface area contributed by atoms with Crippen molar-refractivity contribution < 1.29 is 4.79 Å². The number of hydrogen-bond acceptors (Lipinski definition) is 2. The summed E-state index contributed by atoms with van der Waals surface area (Å²) in [5, 5.41) is 3.50. The molecule has 110 valence electrons. The second-order valence-corrected chi connectivity index (χ2v) is 5.10. The summed E-state index contributed by atoms with van der Waals surface area (Å²) in [4.78, 5) is 18.1. The number of halogens is 1. The molecule has 5 heteroatoms. The lowest BCUT2D eigenvalue weighted by atomic mass is 10.2. The van der Waals surface area contributed by atoms with Gasteiger partial charge < -0.3 is 5.32 Å². The third-order valence-corrected chi connectivity index (χ3v) is 3.19. The number of anilines is 1. The van der Waals surface area contributed by atoms with Crippen LogP contribution in [-0.2, 0) is 6.54 Å². The number of hydrogen-bond donors (Lipinski definition) is 1. The lowest BCUT2D eigenvalue weighted by Crippen LogP contribution is -2.40. The highest BCUT2D eigenvalue weighted by Crippen LogP contribution is 2.21. The van der Waals surface area contributed by atoms with Crippen LogP contribution in [0.15, 0.2) is 48.8 Å². The van der Waals surface area contributed by atoms with Crippen LogP contribution in [0.4, 0.5) is 10.5 Å². The normalized spacial score (nSPS) is 10.2. The SMILES string of the molecule is CCCNC(=O)N(Cc1cccnc1)c1cccc(Cl)c1. The summed E-state index contributed by atoms with van der Waals surface area (Å²) >= 11 is 6.03. The highest BCUT2D eigenvalue weighted by molar-refractivity contribution is 6.30. The number of carbonyl (C=O) groups excluding carboxylic acids is 1. The van der Waals surface area contributed by atoms with E-state index in [1.807, 2.05) is 31.2 Å². The van der Waals surface area contributed by atoms with Crippen LogP contribution in [0.2, 0.25) is 5.02 Å². The van der Waals surface area contributed by atoms with E-state index >= 15 is 0 Å². The van der Waals surface area contributed by atoms with Crippen molar-refractivity contribution in [3.63, 3.8) is 0 Å². The quantitative estimate of drug-likeness (QED) is 0.911. The summed E-state index contributed by atoms with van der Waals surface area (Å²) in [6.45, 7) is 3.11. The third-order valence-electron chi connectivity index (χ3n) is 2.95. The van der Waals surface area contributed by atoms with Gasteiger partial charge in [0.05, 0.1) is 6.54 Å². The number of carbonyl (C=O) groups is 1. The Bertz CT molecular complexity index is 589. The largest absolute Gasteiger partial charge is 0.338 e. The minimum atomic E-state index is -0.136. The fraction of sp³-hybridized carbons (Fsp3) is 0.250. The van der Waals surface area contributed by atoms with Crippen LogP contribution in [0.3, 0.4) is 0 Å². The van der Waals surface area contributed by atoms with Crippen molar-refractivity contribution in [1.82, 2.24) is 10.3 Å². The molecular weight excluding hydrogens is 286 g/mol. The molecule has 0 aliphatic heterocycles. The monoisotopic (exact) mass is 303 g/mol. The van der Waals surface area contributed by atoms with Crippen molar-refractivity contribution in [2.45, 2.75) is 19.9 Å². The van der Waals surface area contributed by atoms with E-state index in [4.69, 9.17) is 11.6 Å². The van der Waals surface area contributed by atoms with Crippen molar-refractivity contribution >= 4 is 23.3 Å². The van der Waals surface area contributed by atoms with Gasteiger partial charge in [0.15, 0.2) is 0 Å². The van der Waals surface area contributed by atoms with Crippen molar-refractivity contribution in [2.24, 2.45) is 0 Å². The van der Waals surface area contributed by atoms with E-state index in [0.29, 0.717) is 18.1 Å². The molecule has 0 aliphatic carbocycles. The van der Waals surface area contributed by atoms with Gasteiger partial charge in [-0.3, -0.25) is 9.88 Å². The molecule has 0 saturated carbocycles. The van der Waals surface area contributed by atoms with Crippen LogP contribution in [0.25, 0.3) is 0 Å². The standard InChI is InChI=1S/C16H18ClN3O/c1-2-8-19-16(21)20(12-13-5-4-9-18-11-13)15-7-3-6-14(17)10-15/h3-7,9-11H,2,8,12H2,1H3,(H,19,21). The number of amides is 2. The van der Waals surface area contributed by atoms with Gasteiger partial charge in [-0.15, -0.1) is 0 Å². The molecular formula is C16H18ClN3O. The van der Waals surface area contributed by atoms with Gasteiger partial charge in [0.2, 0.25) is 0 Å². The van der Waals surface area contributed by atoms with E-state index in [1.165, 1.54) is 0 Å². The molecule has 0 unspecified atom stereocenters. The molecule has 1 aromatic carbocycles. The molecule has 2 aromatic rings. The Kier molecular flexibility index (Phi) is 5.58. The van der Waals surface area contributed by atoms with Gasteiger partial charge in [-0.2, -0.15) is 0 Å². The molecule has 0 fully saturated rings. The maximum absolute atomic E-state index is 12.4. The van der Waals surface area contributed by atoms with Gasteiger partial charge in [-0.25, -0.2) is 4.79 Å². The zero-order valence-electron chi connectivity index (χ0n) is 11.9. The Morgan fingerprint density at radius 3 is 2.86 bits per heavy atom. The lowest BCUT2D eigenvalue weighted by molar-refractivity contribution is 0.246. The number of rotatable bonds is 5.